The number of hydrogen-bond donors (Lipinski definition) is 2. The number of hydrogen-bond acceptors (Lipinski definition) is 5. The molecule has 6 atom stereocenters. The summed E-state index contributed by atoms with van der Waals surface area (Å²) in [5, 5.41) is 22.6. The fourth-order valence-corrected chi connectivity index (χ4v) is 6.11. The van der Waals surface area contributed by atoms with Crippen molar-refractivity contribution < 1.29 is 19.7 Å². The van der Waals surface area contributed by atoms with Gasteiger partial charge in [-0.25, -0.2) is 0 Å². The summed E-state index contributed by atoms with van der Waals surface area (Å²) in [5.41, 5.74) is 0.881. The van der Waals surface area contributed by atoms with E-state index in [0.29, 0.717) is 19.3 Å². The Kier molecular flexibility index (Phi) is 2.49. The van der Waals surface area contributed by atoms with Crippen molar-refractivity contribution in [2.24, 2.45) is 17.3 Å². The lowest BCUT2D eigenvalue weighted by Crippen LogP contribution is -2.74. The van der Waals surface area contributed by atoms with E-state index < -0.39 is 29.2 Å². The van der Waals surface area contributed by atoms with Gasteiger partial charge in [0.2, 0.25) is 0 Å². The zero-order valence-corrected chi connectivity index (χ0v) is 13.7. The monoisotopic (exact) mass is 328 g/mol. The lowest BCUT2D eigenvalue weighted by Gasteiger charge is -2.63. The Morgan fingerprint density at radius 1 is 1.29 bits per heavy atom. The van der Waals surface area contributed by atoms with E-state index >= 15 is 0 Å². The molecule has 24 heavy (non-hydrogen) atoms. The van der Waals surface area contributed by atoms with Gasteiger partial charge in [0, 0.05) is 11.8 Å². The summed E-state index contributed by atoms with van der Waals surface area (Å²) < 4.78 is 5.58. The number of esters is 1. The molecule has 0 amide bonds. The van der Waals surface area contributed by atoms with Gasteiger partial charge in [-0.05, 0) is 60.6 Å². The molecule has 5 nitrogen and oxygen atoms in total. The number of aryl methyl sites for hydroxylation is 2. The largest absolute Gasteiger partial charge is 0.459 e. The molecule has 0 radical (unpaired) electrons. The van der Waals surface area contributed by atoms with Crippen molar-refractivity contribution in [1.82, 2.24) is 0 Å². The molecule has 0 aromatic heterocycles. The van der Waals surface area contributed by atoms with Crippen LogP contribution < -0.4 is 5.43 Å². The molecule has 0 unspecified atom stereocenters. The molecule has 2 aliphatic heterocycles. The highest BCUT2D eigenvalue weighted by Crippen LogP contribution is 2.68. The number of ether oxygens (including phenoxy) is 1. The van der Waals surface area contributed by atoms with Crippen molar-refractivity contribution in [2.75, 3.05) is 0 Å². The summed E-state index contributed by atoms with van der Waals surface area (Å²) >= 11 is 0. The van der Waals surface area contributed by atoms with E-state index in [2.05, 4.69) is 0 Å². The summed E-state index contributed by atoms with van der Waals surface area (Å²) in [5.74, 6) is -1.11. The van der Waals surface area contributed by atoms with Gasteiger partial charge in [0.1, 0.15) is 17.1 Å². The Morgan fingerprint density at radius 3 is 2.79 bits per heavy atom. The maximum atomic E-state index is 12.8. The van der Waals surface area contributed by atoms with Crippen LogP contribution in [0.2, 0.25) is 0 Å². The van der Waals surface area contributed by atoms with Gasteiger partial charge in [-0.15, -0.1) is 0 Å². The summed E-state index contributed by atoms with van der Waals surface area (Å²) in [6.45, 7) is 3.72. The van der Waals surface area contributed by atoms with Crippen LogP contribution in [-0.4, -0.2) is 28.4 Å². The lowest BCUT2D eigenvalue weighted by atomic mass is 9.46. The molecular weight excluding hydrogens is 308 g/mol. The number of carbonyl (C=O) groups excluding carboxylic acids is 1. The van der Waals surface area contributed by atoms with Gasteiger partial charge in [0.25, 0.3) is 0 Å². The molecule has 2 heterocycles. The predicted octanol–water partition coefficient (Wildman–Crippen LogP) is 0.584. The highest BCUT2D eigenvalue weighted by molar-refractivity contribution is 5.84. The molecule has 1 spiro atoms. The van der Waals surface area contributed by atoms with Crippen LogP contribution in [0.25, 0.3) is 0 Å². The predicted molar refractivity (Wildman–Crippen MR) is 84.3 cm³/mol. The van der Waals surface area contributed by atoms with Crippen LogP contribution >= 0.6 is 0 Å². The van der Waals surface area contributed by atoms with Gasteiger partial charge in [-0.3, -0.25) is 9.59 Å². The molecule has 5 aliphatic rings. The first-order chi connectivity index (χ1) is 11.3. The second kappa shape index (κ2) is 4.09. The molecule has 2 saturated heterocycles. The molecule has 2 N–H and O–H groups in total. The molecule has 5 heteroatoms. The highest BCUT2D eigenvalue weighted by Gasteiger charge is 2.77. The van der Waals surface area contributed by atoms with E-state index in [0.717, 1.165) is 22.3 Å². The van der Waals surface area contributed by atoms with Crippen LogP contribution in [0.5, 0.6) is 0 Å². The number of aliphatic hydroxyl groups is 2. The molecule has 1 aromatic rings. The quantitative estimate of drug-likeness (QED) is 0.681. The molecule has 1 aromatic carbocycles. The number of aliphatic hydroxyl groups excluding tert-OH is 1. The Hall–Kier alpha value is -1.72. The first-order valence-corrected chi connectivity index (χ1v) is 8.61. The van der Waals surface area contributed by atoms with Gasteiger partial charge in [-0.1, -0.05) is 6.92 Å². The number of carbonyl (C=O) groups is 1. The van der Waals surface area contributed by atoms with E-state index in [1.165, 1.54) is 0 Å². The van der Waals surface area contributed by atoms with E-state index in [4.69, 9.17) is 4.74 Å². The number of fused-ring (bicyclic) bond motifs is 2. The minimum Gasteiger partial charge on any atom is -0.459 e. The molecule has 2 bridgehead atoms. The number of rotatable bonds is 0. The van der Waals surface area contributed by atoms with Crippen molar-refractivity contribution in [2.45, 2.75) is 50.9 Å². The van der Waals surface area contributed by atoms with Crippen molar-refractivity contribution in [3.63, 3.8) is 0 Å². The standard InChI is InChI=1S/C19H20O5/c1-8-5-11(20)6-10-3-4-18-9(2)15(21)16(24-17(18)22)13-7-12(8)14(10)19(13,18)23/h5-6,9,13,15-16,21,23H,3-4,7H2,1-2H3/t9-,13-,15+,16-,18+,19+/m1/s1. The fourth-order valence-electron chi connectivity index (χ4n) is 6.11. The second-order valence-corrected chi connectivity index (χ2v) is 7.95. The highest BCUT2D eigenvalue weighted by atomic mass is 16.6. The molecular formula is C19H20O5. The molecule has 3 fully saturated rings. The van der Waals surface area contributed by atoms with Gasteiger partial charge in [0.05, 0.1) is 6.10 Å². The van der Waals surface area contributed by atoms with Gasteiger partial charge in [-0.2, -0.15) is 0 Å². The fraction of sp³-hybridized carbons (Fsp3) is 0.579. The van der Waals surface area contributed by atoms with E-state index in [1.54, 1.807) is 12.1 Å². The zero-order valence-electron chi connectivity index (χ0n) is 13.7. The third kappa shape index (κ3) is 1.26. The van der Waals surface area contributed by atoms with Crippen LogP contribution in [-0.2, 0) is 28.0 Å². The van der Waals surface area contributed by atoms with Crippen LogP contribution in [0.4, 0.5) is 0 Å². The maximum absolute atomic E-state index is 12.8. The Morgan fingerprint density at radius 2 is 2.04 bits per heavy atom. The van der Waals surface area contributed by atoms with Crippen LogP contribution in [0.15, 0.2) is 16.9 Å². The van der Waals surface area contributed by atoms with Crippen molar-refractivity contribution in [3.05, 3.63) is 44.6 Å². The zero-order chi connectivity index (χ0) is 17.0. The summed E-state index contributed by atoms with van der Waals surface area (Å²) in [6, 6.07) is 3.21. The van der Waals surface area contributed by atoms with E-state index in [1.807, 2.05) is 13.8 Å². The van der Waals surface area contributed by atoms with Crippen LogP contribution in [0, 0.1) is 24.2 Å². The molecule has 3 aliphatic carbocycles. The average molecular weight is 328 g/mol. The third-order valence-corrected chi connectivity index (χ3v) is 7.21. The van der Waals surface area contributed by atoms with Crippen molar-refractivity contribution in [1.29, 1.82) is 0 Å². The van der Waals surface area contributed by atoms with Gasteiger partial charge < -0.3 is 14.9 Å². The van der Waals surface area contributed by atoms with Gasteiger partial charge >= 0.3 is 5.97 Å². The first-order valence-electron chi connectivity index (χ1n) is 8.61. The topological polar surface area (TPSA) is 83.8 Å². The third-order valence-electron chi connectivity index (χ3n) is 7.21. The minimum absolute atomic E-state index is 0.0652. The normalized spacial score (nSPS) is 44.2. The van der Waals surface area contributed by atoms with Gasteiger partial charge in [0.15, 0.2) is 5.43 Å². The van der Waals surface area contributed by atoms with Crippen LogP contribution in [0.1, 0.15) is 35.6 Å². The van der Waals surface area contributed by atoms with E-state index in [9.17, 15) is 19.8 Å². The van der Waals surface area contributed by atoms with Crippen LogP contribution in [0.3, 0.4) is 0 Å². The molecule has 126 valence electrons. The van der Waals surface area contributed by atoms with Crippen molar-refractivity contribution >= 4 is 5.97 Å². The Labute approximate surface area is 139 Å². The summed E-state index contributed by atoms with van der Waals surface area (Å²) in [7, 11) is 0. The van der Waals surface area contributed by atoms with E-state index in [-0.39, 0.29) is 17.3 Å². The maximum Gasteiger partial charge on any atom is 0.316 e. The SMILES string of the molecule is Cc1cc(=O)cc2c3c1C[C@@H]1[C@H]4OC(=O)[C@](CC2)([C@H](C)[C@@H]4O)[C@@]31O. The average Bonchev–Trinajstić information content (AvgIpc) is 2.77. The summed E-state index contributed by atoms with van der Waals surface area (Å²) in [6.07, 6.45) is 0.0283. The Balaban J connectivity index is 1.91. The first kappa shape index (κ1) is 14.6. The summed E-state index contributed by atoms with van der Waals surface area (Å²) in [4.78, 5) is 24.9. The smallest absolute Gasteiger partial charge is 0.316 e. The van der Waals surface area contributed by atoms with Crippen molar-refractivity contribution in [3.8, 4) is 0 Å². The second-order valence-electron chi connectivity index (χ2n) is 7.95. The molecule has 6 rings (SSSR count). The lowest BCUT2D eigenvalue weighted by molar-refractivity contribution is -0.301. The Bertz CT molecular complexity index is 861. The molecule has 1 saturated carbocycles. The minimum atomic E-state index is -1.34.